The van der Waals surface area contributed by atoms with E-state index in [-0.39, 0.29) is 17.5 Å². The summed E-state index contributed by atoms with van der Waals surface area (Å²) in [5.41, 5.74) is 1.31. The highest BCUT2D eigenvalue weighted by molar-refractivity contribution is 5.47. The third-order valence-electron chi connectivity index (χ3n) is 3.87. The second-order valence-corrected chi connectivity index (χ2v) is 5.43. The van der Waals surface area contributed by atoms with Crippen LogP contribution in [0, 0.1) is 17.0 Å². The summed E-state index contributed by atoms with van der Waals surface area (Å²) in [6.07, 6.45) is -0.173. The average molecular weight is 315 g/mol. The number of nitrogens with zero attached hydrogens (tertiary/aromatic N) is 3. The summed E-state index contributed by atoms with van der Waals surface area (Å²) < 4.78 is 5.77. The molecule has 0 bridgehead atoms. The van der Waals surface area contributed by atoms with E-state index < -0.39 is 4.92 Å². The van der Waals surface area contributed by atoms with Gasteiger partial charge in [0.15, 0.2) is 0 Å². The molecular formula is C16H17N3O4. The van der Waals surface area contributed by atoms with E-state index in [1.54, 1.807) is 31.2 Å². The lowest BCUT2D eigenvalue weighted by atomic mass is 10.1. The zero-order valence-corrected chi connectivity index (χ0v) is 12.7. The zero-order valence-electron chi connectivity index (χ0n) is 12.7. The number of hydrogen-bond donors (Lipinski definition) is 1. The maximum Gasteiger partial charge on any atom is 0.290 e. The number of aromatic nitrogens is 1. The van der Waals surface area contributed by atoms with Crippen molar-refractivity contribution in [2.75, 3.05) is 24.6 Å². The molecule has 23 heavy (non-hydrogen) atoms. The lowest BCUT2D eigenvalue weighted by molar-refractivity contribution is -0.385. The van der Waals surface area contributed by atoms with Crippen LogP contribution in [0.15, 0.2) is 36.4 Å². The number of phenolic OH excluding ortho intramolecular Hbond substituents is 1. The SMILES string of the molecule is Cc1nc(N2CCO[C@@H](c3cccc(O)c3)C2)ccc1[N+](=O)[O-]. The highest BCUT2D eigenvalue weighted by atomic mass is 16.6. The number of pyridine rings is 1. The third-order valence-corrected chi connectivity index (χ3v) is 3.87. The Morgan fingerprint density at radius 2 is 2.22 bits per heavy atom. The molecule has 3 rings (SSSR count). The van der Waals surface area contributed by atoms with Gasteiger partial charge in [-0.15, -0.1) is 0 Å². The van der Waals surface area contributed by atoms with Gasteiger partial charge in [0.1, 0.15) is 23.4 Å². The van der Waals surface area contributed by atoms with Crippen molar-refractivity contribution in [1.29, 1.82) is 0 Å². The predicted octanol–water partition coefficient (Wildman–Crippen LogP) is 2.58. The summed E-state index contributed by atoms with van der Waals surface area (Å²) in [4.78, 5) is 16.8. The molecule has 1 aromatic heterocycles. The first kappa shape index (κ1) is 15.2. The highest BCUT2D eigenvalue weighted by Gasteiger charge is 2.24. The van der Waals surface area contributed by atoms with E-state index >= 15 is 0 Å². The van der Waals surface area contributed by atoms with Gasteiger partial charge in [0, 0.05) is 19.2 Å². The Bertz CT molecular complexity index is 735. The van der Waals surface area contributed by atoms with Crippen molar-refractivity contribution in [3.05, 3.63) is 57.8 Å². The van der Waals surface area contributed by atoms with Crippen LogP contribution in [-0.4, -0.2) is 34.7 Å². The predicted molar refractivity (Wildman–Crippen MR) is 84.6 cm³/mol. The first-order valence-electron chi connectivity index (χ1n) is 7.32. The molecule has 1 aromatic carbocycles. The Hall–Kier alpha value is -2.67. The second kappa shape index (κ2) is 6.21. The number of morpholine rings is 1. The molecule has 2 aromatic rings. The molecule has 7 heteroatoms. The van der Waals surface area contributed by atoms with Crippen molar-refractivity contribution in [3.63, 3.8) is 0 Å². The van der Waals surface area contributed by atoms with E-state index in [2.05, 4.69) is 4.98 Å². The molecule has 1 saturated heterocycles. The molecule has 0 unspecified atom stereocenters. The maximum atomic E-state index is 10.9. The van der Waals surface area contributed by atoms with Gasteiger partial charge in [0.2, 0.25) is 0 Å². The van der Waals surface area contributed by atoms with Gasteiger partial charge in [-0.1, -0.05) is 12.1 Å². The molecule has 1 aliphatic heterocycles. The van der Waals surface area contributed by atoms with Gasteiger partial charge in [-0.25, -0.2) is 4.98 Å². The minimum absolute atomic E-state index is 0.0199. The van der Waals surface area contributed by atoms with Crippen LogP contribution in [0.4, 0.5) is 11.5 Å². The van der Waals surface area contributed by atoms with Crippen LogP contribution in [-0.2, 0) is 4.74 Å². The Morgan fingerprint density at radius 1 is 1.39 bits per heavy atom. The number of aromatic hydroxyl groups is 1. The number of rotatable bonds is 3. The molecule has 0 radical (unpaired) electrons. The van der Waals surface area contributed by atoms with Crippen LogP contribution in [0.2, 0.25) is 0 Å². The molecule has 1 atom stereocenters. The summed E-state index contributed by atoms with van der Waals surface area (Å²) in [5, 5.41) is 20.5. The topological polar surface area (TPSA) is 88.7 Å². The van der Waals surface area contributed by atoms with Crippen LogP contribution in [0.5, 0.6) is 5.75 Å². The summed E-state index contributed by atoms with van der Waals surface area (Å²) in [5.74, 6) is 0.897. The van der Waals surface area contributed by atoms with Gasteiger partial charge in [-0.05, 0) is 30.7 Å². The van der Waals surface area contributed by atoms with Crippen LogP contribution >= 0.6 is 0 Å². The van der Waals surface area contributed by atoms with Gasteiger partial charge in [0.25, 0.3) is 5.69 Å². The van der Waals surface area contributed by atoms with Crippen LogP contribution in [0.25, 0.3) is 0 Å². The number of aryl methyl sites for hydroxylation is 1. The lowest BCUT2D eigenvalue weighted by Crippen LogP contribution is -2.38. The minimum Gasteiger partial charge on any atom is -0.508 e. The highest BCUT2D eigenvalue weighted by Crippen LogP contribution is 2.28. The monoisotopic (exact) mass is 315 g/mol. The Balaban J connectivity index is 1.81. The molecule has 0 amide bonds. The molecule has 0 saturated carbocycles. The molecule has 1 N–H and O–H groups in total. The number of benzene rings is 1. The van der Waals surface area contributed by atoms with Gasteiger partial charge < -0.3 is 14.7 Å². The normalized spacial score (nSPS) is 18.0. The fourth-order valence-electron chi connectivity index (χ4n) is 2.69. The summed E-state index contributed by atoms with van der Waals surface area (Å²) in [7, 11) is 0. The number of ether oxygens (including phenoxy) is 1. The number of anilines is 1. The van der Waals surface area contributed by atoms with E-state index in [4.69, 9.17) is 4.74 Å². The summed E-state index contributed by atoms with van der Waals surface area (Å²) in [6.45, 7) is 3.40. The Kier molecular flexibility index (Phi) is 4.12. The molecule has 0 aliphatic carbocycles. The molecule has 7 nitrogen and oxygen atoms in total. The lowest BCUT2D eigenvalue weighted by Gasteiger charge is -2.34. The number of hydrogen-bond acceptors (Lipinski definition) is 6. The van der Waals surface area contributed by atoms with Crippen molar-refractivity contribution in [2.24, 2.45) is 0 Å². The summed E-state index contributed by atoms with van der Waals surface area (Å²) >= 11 is 0. The maximum absolute atomic E-state index is 10.9. The van der Waals surface area contributed by atoms with Crippen LogP contribution in [0.3, 0.4) is 0 Å². The average Bonchev–Trinajstić information content (AvgIpc) is 2.54. The smallest absolute Gasteiger partial charge is 0.290 e. The molecular weight excluding hydrogens is 298 g/mol. The number of nitro groups is 1. The van der Waals surface area contributed by atoms with Crippen LogP contribution < -0.4 is 4.90 Å². The minimum atomic E-state index is -0.430. The van der Waals surface area contributed by atoms with E-state index in [9.17, 15) is 15.2 Å². The largest absolute Gasteiger partial charge is 0.508 e. The van der Waals surface area contributed by atoms with Crippen molar-refractivity contribution in [3.8, 4) is 5.75 Å². The van der Waals surface area contributed by atoms with Gasteiger partial charge >= 0.3 is 0 Å². The number of phenols is 1. The van der Waals surface area contributed by atoms with E-state index in [1.165, 1.54) is 6.07 Å². The van der Waals surface area contributed by atoms with E-state index in [0.29, 0.717) is 31.2 Å². The quantitative estimate of drug-likeness (QED) is 0.692. The van der Waals surface area contributed by atoms with Crippen molar-refractivity contribution in [1.82, 2.24) is 4.98 Å². The van der Waals surface area contributed by atoms with E-state index in [1.807, 2.05) is 11.0 Å². The first-order valence-corrected chi connectivity index (χ1v) is 7.32. The van der Waals surface area contributed by atoms with Gasteiger partial charge in [0.05, 0.1) is 11.5 Å². The Labute approximate surface area is 133 Å². The molecule has 2 heterocycles. The van der Waals surface area contributed by atoms with Crippen molar-refractivity contribution in [2.45, 2.75) is 13.0 Å². The molecule has 0 spiro atoms. The zero-order chi connectivity index (χ0) is 16.4. The fourth-order valence-corrected chi connectivity index (χ4v) is 2.69. The van der Waals surface area contributed by atoms with Gasteiger partial charge in [-0.2, -0.15) is 0 Å². The summed E-state index contributed by atoms with van der Waals surface area (Å²) in [6, 6.07) is 10.1. The second-order valence-electron chi connectivity index (χ2n) is 5.43. The Morgan fingerprint density at radius 3 is 2.91 bits per heavy atom. The molecule has 1 aliphatic rings. The van der Waals surface area contributed by atoms with Crippen molar-refractivity contribution >= 4 is 11.5 Å². The van der Waals surface area contributed by atoms with Gasteiger partial charge in [-0.3, -0.25) is 10.1 Å². The van der Waals surface area contributed by atoms with Crippen molar-refractivity contribution < 1.29 is 14.8 Å². The molecule has 120 valence electrons. The first-order chi connectivity index (χ1) is 11.0. The van der Waals surface area contributed by atoms with Crippen LogP contribution in [0.1, 0.15) is 17.4 Å². The van der Waals surface area contributed by atoms with E-state index in [0.717, 1.165) is 5.56 Å². The standard InChI is InChI=1S/C16H17N3O4/c1-11-14(19(21)22)5-6-16(17-11)18-7-8-23-15(10-18)12-3-2-4-13(20)9-12/h2-6,9,15,20H,7-8,10H2,1H3/t15-/m1/s1. The third kappa shape index (κ3) is 3.24. The fraction of sp³-hybridized carbons (Fsp3) is 0.312. The molecule has 1 fully saturated rings.